The zero-order chi connectivity index (χ0) is 36.1. The number of nitrogens with one attached hydrogen (secondary N) is 1. The summed E-state index contributed by atoms with van der Waals surface area (Å²) in [4.78, 5) is 9.99. The molecule has 0 unspecified atom stereocenters. The third kappa shape index (κ3) is 19.6. The predicted octanol–water partition coefficient (Wildman–Crippen LogP) is 13.2. The normalized spacial score (nSPS) is 20.4. The SMILES string of the molecule is CCCC/C=C\C/C=C\CCCCCCCCC1(CCCCCCCC/C=C\C/C=C\CCCC)O[C@H]2C[C@@H](N(C)CCc3c[nH]cn3)C[C@H]2O1. The summed E-state index contributed by atoms with van der Waals surface area (Å²) in [6.45, 7) is 5.54. The molecule has 0 aromatic carbocycles. The fraction of sp³-hybridized carbons (Fsp3) is 0.761. The Morgan fingerprint density at radius 1 is 0.647 bits per heavy atom. The zero-order valence-electron chi connectivity index (χ0n) is 33.5. The summed E-state index contributed by atoms with van der Waals surface area (Å²) in [5.74, 6) is -0.348. The number of imidazole rings is 1. The fourth-order valence-electron chi connectivity index (χ4n) is 7.77. The molecule has 1 aliphatic heterocycles. The van der Waals surface area contributed by atoms with Crippen molar-refractivity contribution in [3.63, 3.8) is 0 Å². The standard InChI is InChI=1S/C46H79N3O2/c1-4-6-8-10-12-14-16-18-20-22-24-26-28-30-32-35-46(36-33-31-29-27-25-23-21-19-17-15-13-11-9-7-5-2)50-44-38-43(39-45(44)51-46)49(3)37-34-42-40-47-41-48-42/h10-13,16-19,40-41,43-45H,4-9,14-15,20-39H2,1-3H3,(H,47,48)/b12-10-,13-11-,18-16-,19-17-/t43-,44+,45-. The molecule has 1 aliphatic carbocycles. The van der Waals surface area contributed by atoms with Crippen LogP contribution in [0.25, 0.3) is 0 Å². The van der Waals surface area contributed by atoms with Crippen molar-refractivity contribution in [3.8, 4) is 0 Å². The molecule has 0 spiro atoms. The number of H-pyrrole nitrogens is 1. The molecule has 0 amide bonds. The highest BCUT2D eigenvalue weighted by Crippen LogP contribution is 2.44. The van der Waals surface area contributed by atoms with Gasteiger partial charge in [0.05, 0.1) is 24.2 Å². The summed E-state index contributed by atoms with van der Waals surface area (Å²) in [5, 5.41) is 0. The van der Waals surface area contributed by atoms with Crippen LogP contribution in [0.3, 0.4) is 0 Å². The van der Waals surface area contributed by atoms with Crippen LogP contribution in [-0.4, -0.2) is 52.5 Å². The lowest BCUT2D eigenvalue weighted by molar-refractivity contribution is -0.193. The number of fused-ring (bicyclic) bond motifs is 1. The molecular weight excluding hydrogens is 627 g/mol. The van der Waals surface area contributed by atoms with E-state index in [0.29, 0.717) is 6.04 Å². The van der Waals surface area contributed by atoms with Gasteiger partial charge in [0.25, 0.3) is 0 Å². The monoisotopic (exact) mass is 706 g/mol. The van der Waals surface area contributed by atoms with E-state index in [2.05, 4.69) is 84.4 Å². The molecule has 5 heteroatoms. The maximum atomic E-state index is 6.95. The minimum Gasteiger partial charge on any atom is -0.351 e. The molecule has 3 atom stereocenters. The second kappa shape index (κ2) is 28.5. The highest BCUT2D eigenvalue weighted by Gasteiger charge is 2.51. The minimum atomic E-state index is -0.348. The maximum absolute atomic E-state index is 6.95. The number of aromatic amines is 1. The molecule has 51 heavy (non-hydrogen) atoms. The number of nitrogens with zero attached hydrogens (tertiary/aromatic N) is 2. The van der Waals surface area contributed by atoms with E-state index in [1.807, 2.05) is 6.20 Å². The maximum Gasteiger partial charge on any atom is 0.169 e. The molecule has 290 valence electrons. The molecule has 2 heterocycles. The highest BCUT2D eigenvalue weighted by atomic mass is 16.8. The summed E-state index contributed by atoms with van der Waals surface area (Å²) in [6, 6.07) is 0.533. The number of hydrogen-bond donors (Lipinski definition) is 1. The van der Waals surface area contributed by atoms with Crippen molar-refractivity contribution in [2.24, 2.45) is 0 Å². The van der Waals surface area contributed by atoms with Crippen molar-refractivity contribution in [3.05, 3.63) is 66.8 Å². The number of allylic oxidation sites excluding steroid dienone is 8. The van der Waals surface area contributed by atoms with Gasteiger partial charge in [-0.15, -0.1) is 0 Å². The van der Waals surface area contributed by atoms with Crippen LogP contribution in [0, 0.1) is 0 Å². The van der Waals surface area contributed by atoms with Crippen molar-refractivity contribution >= 4 is 0 Å². The Morgan fingerprint density at radius 2 is 1.10 bits per heavy atom. The molecule has 5 nitrogen and oxygen atoms in total. The molecule has 1 aromatic heterocycles. The van der Waals surface area contributed by atoms with E-state index < -0.39 is 0 Å². The molecule has 1 saturated carbocycles. The van der Waals surface area contributed by atoms with E-state index in [4.69, 9.17) is 9.47 Å². The lowest BCUT2D eigenvalue weighted by atomic mass is 9.98. The molecule has 0 radical (unpaired) electrons. The largest absolute Gasteiger partial charge is 0.351 e. The van der Waals surface area contributed by atoms with E-state index in [0.717, 1.165) is 57.2 Å². The molecule has 1 aromatic rings. The summed E-state index contributed by atoms with van der Waals surface area (Å²) >= 11 is 0. The first-order valence-electron chi connectivity index (χ1n) is 21.8. The number of ether oxygens (including phenoxy) is 2. The van der Waals surface area contributed by atoms with Crippen LogP contribution < -0.4 is 0 Å². The van der Waals surface area contributed by atoms with Crippen LogP contribution in [0.2, 0.25) is 0 Å². The van der Waals surface area contributed by atoms with Gasteiger partial charge in [0, 0.05) is 38.0 Å². The number of aromatic nitrogens is 2. The van der Waals surface area contributed by atoms with Gasteiger partial charge in [-0.05, 0) is 84.1 Å². The van der Waals surface area contributed by atoms with Crippen molar-refractivity contribution in [1.29, 1.82) is 0 Å². The van der Waals surface area contributed by atoms with Gasteiger partial charge in [-0.3, -0.25) is 0 Å². The molecule has 2 aliphatic rings. The van der Waals surface area contributed by atoms with Crippen LogP contribution in [0.4, 0.5) is 0 Å². The van der Waals surface area contributed by atoms with Gasteiger partial charge >= 0.3 is 0 Å². The average molecular weight is 706 g/mol. The highest BCUT2D eigenvalue weighted by molar-refractivity contribution is 4.99. The van der Waals surface area contributed by atoms with Crippen LogP contribution in [-0.2, 0) is 15.9 Å². The van der Waals surface area contributed by atoms with E-state index in [9.17, 15) is 0 Å². The van der Waals surface area contributed by atoms with E-state index in [1.54, 1.807) is 6.33 Å². The molecule has 1 N–H and O–H groups in total. The minimum absolute atomic E-state index is 0.252. The van der Waals surface area contributed by atoms with Gasteiger partial charge in [0.2, 0.25) is 0 Å². The van der Waals surface area contributed by atoms with Crippen molar-refractivity contribution < 1.29 is 9.47 Å². The van der Waals surface area contributed by atoms with Crippen molar-refractivity contribution in [2.75, 3.05) is 13.6 Å². The Morgan fingerprint density at radius 3 is 1.55 bits per heavy atom. The Bertz CT molecular complexity index is 999. The molecule has 2 fully saturated rings. The quantitative estimate of drug-likeness (QED) is 0.0599. The second-order valence-electron chi connectivity index (χ2n) is 15.6. The second-order valence-corrected chi connectivity index (χ2v) is 15.6. The number of hydrogen-bond acceptors (Lipinski definition) is 4. The number of unbranched alkanes of at least 4 members (excludes halogenated alkanes) is 16. The lowest BCUT2D eigenvalue weighted by Crippen LogP contribution is -2.36. The molecule has 1 saturated heterocycles. The first-order chi connectivity index (χ1) is 25.2. The van der Waals surface area contributed by atoms with Gasteiger partial charge in [-0.2, -0.15) is 0 Å². The Balaban J connectivity index is 1.31. The summed E-state index contributed by atoms with van der Waals surface area (Å²) in [5.41, 5.74) is 1.14. The van der Waals surface area contributed by atoms with Gasteiger partial charge in [0.15, 0.2) is 5.79 Å². The van der Waals surface area contributed by atoms with Gasteiger partial charge in [0.1, 0.15) is 0 Å². The van der Waals surface area contributed by atoms with Gasteiger partial charge in [-0.25, -0.2) is 4.98 Å². The average Bonchev–Trinajstić information content (AvgIpc) is 3.87. The van der Waals surface area contributed by atoms with Crippen LogP contribution in [0.1, 0.15) is 186 Å². The smallest absolute Gasteiger partial charge is 0.169 e. The Hall–Kier alpha value is -1.95. The molecule has 0 bridgehead atoms. The summed E-state index contributed by atoms with van der Waals surface area (Å²) in [6.07, 6.45) is 56.4. The Labute approximate surface area is 315 Å². The molecule has 3 rings (SSSR count). The first-order valence-corrected chi connectivity index (χ1v) is 21.8. The van der Waals surface area contributed by atoms with Crippen LogP contribution >= 0.6 is 0 Å². The number of rotatable bonds is 32. The number of likely N-dealkylation sites (N-methyl/N-ethyl adjacent to an activating group) is 1. The predicted molar refractivity (Wildman–Crippen MR) is 219 cm³/mol. The van der Waals surface area contributed by atoms with Crippen molar-refractivity contribution in [2.45, 2.75) is 211 Å². The summed E-state index contributed by atoms with van der Waals surface area (Å²) < 4.78 is 13.9. The van der Waals surface area contributed by atoms with Crippen LogP contribution in [0.15, 0.2) is 61.1 Å². The lowest BCUT2D eigenvalue weighted by Gasteiger charge is -2.32. The third-order valence-corrected chi connectivity index (χ3v) is 11.1. The van der Waals surface area contributed by atoms with Gasteiger partial charge in [-0.1, -0.05) is 140 Å². The first kappa shape index (κ1) is 43.5. The Kier molecular flexibility index (Phi) is 24.3. The summed E-state index contributed by atoms with van der Waals surface area (Å²) in [7, 11) is 2.26. The zero-order valence-corrected chi connectivity index (χ0v) is 33.5. The van der Waals surface area contributed by atoms with Gasteiger partial charge < -0.3 is 19.4 Å². The topological polar surface area (TPSA) is 50.4 Å². The van der Waals surface area contributed by atoms with E-state index in [-0.39, 0.29) is 18.0 Å². The van der Waals surface area contributed by atoms with Crippen molar-refractivity contribution in [1.82, 2.24) is 14.9 Å². The third-order valence-electron chi connectivity index (χ3n) is 11.1. The van der Waals surface area contributed by atoms with E-state index in [1.165, 1.54) is 128 Å². The van der Waals surface area contributed by atoms with E-state index >= 15 is 0 Å². The fourth-order valence-corrected chi connectivity index (χ4v) is 7.77. The van der Waals surface area contributed by atoms with Crippen LogP contribution in [0.5, 0.6) is 0 Å². The molecular formula is C46H79N3O2.